The maximum atomic E-state index is 14.1. The largest absolute Gasteiger partial charge is 0.322 e. The van der Waals surface area contributed by atoms with Crippen LogP contribution < -0.4 is 5.32 Å². The van der Waals surface area contributed by atoms with Crippen LogP contribution in [0.15, 0.2) is 91.1 Å². The lowest BCUT2D eigenvalue weighted by molar-refractivity contribution is 0.194. The zero-order valence-electron chi connectivity index (χ0n) is 21.5. The van der Waals surface area contributed by atoms with Crippen LogP contribution in [0.1, 0.15) is 39.7 Å². The highest BCUT2D eigenvalue weighted by Crippen LogP contribution is 2.39. The summed E-state index contributed by atoms with van der Waals surface area (Å²) in [4.78, 5) is 16.0. The quantitative estimate of drug-likeness (QED) is 0.269. The van der Waals surface area contributed by atoms with Crippen LogP contribution in [0, 0.1) is 20.8 Å². The van der Waals surface area contributed by atoms with Crippen LogP contribution in [0.25, 0.3) is 11.5 Å². The summed E-state index contributed by atoms with van der Waals surface area (Å²) in [6.07, 6.45) is 2.06. The topological polar surface area (TPSA) is 55.1 Å². The number of carbonyl (C=O) groups excluding carboxylic acids is 1. The molecule has 5 aromatic rings. The molecule has 0 aliphatic carbocycles. The molecule has 0 spiro atoms. The summed E-state index contributed by atoms with van der Waals surface area (Å²) in [7, 11) is 0. The fourth-order valence-corrected chi connectivity index (χ4v) is 5.43. The van der Waals surface area contributed by atoms with Gasteiger partial charge in [0.05, 0.1) is 29.7 Å². The predicted octanol–water partition coefficient (Wildman–Crippen LogP) is 7.38. The Labute approximate surface area is 227 Å². The first-order valence-corrected chi connectivity index (χ1v) is 13.0. The van der Waals surface area contributed by atoms with Crippen LogP contribution in [0.4, 0.5) is 10.5 Å². The van der Waals surface area contributed by atoms with E-state index in [9.17, 15) is 4.79 Å². The molecule has 0 fully saturated rings. The van der Waals surface area contributed by atoms with Crippen molar-refractivity contribution in [2.24, 2.45) is 0 Å². The number of amides is 2. The molecule has 38 heavy (non-hydrogen) atoms. The van der Waals surface area contributed by atoms with Gasteiger partial charge in [0.25, 0.3) is 0 Å². The summed E-state index contributed by atoms with van der Waals surface area (Å²) in [6, 6.07) is 27.6. The molecule has 0 bridgehead atoms. The van der Waals surface area contributed by atoms with Gasteiger partial charge >= 0.3 is 6.03 Å². The van der Waals surface area contributed by atoms with E-state index >= 15 is 0 Å². The number of benzene rings is 3. The summed E-state index contributed by atoms with van der Waals surface area (Å²) in [5.41, 5.74) is 7.67. The van der Waals surface area contributed by atoms with Crippen molar-refractivity contribution in [1.29, 1.82) is 0 Å². The fraction of sp³-hybridized carbons (Fsp3) is 0.161. The number of carbonyl (C=O) groups is 1. The van der Waals surface area contributed by atoms with Crippen LogP contribution >= 0.6 is 11.6 Å². The fourth-order valence-electron chi connectivity index (χ4n) is 5.26. The van der Waals surface area contributed by atoms with Crippen LogP contribution in [0.2, 0.25) is 5.02 Å². The van der Waals surface area contributed by atoms with Crippen molar-refractivity contribution in [2.45, 2.75) is 33.4 Å². The average molecular weight is 522 g/mol. The molecule has 0 saturated carbocycles. The zero-order chi connectivity index (χ0) is 26.4. The van der Waals surface area contributed by atoms with E-state index in [0.717, 1.165) is 45.1 Å². The van der Waals surface area contributed by atoms with Crippen molar-refractivity contribution >= 4 is 23.3 Å². The third-order valence-electron chi connectivity index (χ3n) is 7.15. The second-order valence-electron chi connectivity index (χ2n) is 9.77. The highest BCUT2D eigenvalue weighted by Gasteiger charge is 2.36. The number of fused-ring (bicyclic) bond motifs is 3. The minimum absolute atomic E-state index is 0.200. The van der Waals surface area contributed by atoms with E-state index in [-0.39, 0.29) is 12.1 Å². The van der Waals surface area contributed by atoms with Crippen LogP contribution in [-0.2, 0) is 6.54 Å². The number of nitrogens with zero attached hydrogens (tertiary/aromatic N) is 4. The maximum absolute atomic E-state index is 14.1. The molecule has 0 unspecified atom stereocenters. The summed E-state index contributed by atoms with van der Waals surface area (Å²) in [5.74, 6) is 0.945. The average Bonchev–Trinajstić information content (AvgIpc) is 3.47. The standard InChI is InChI=1S/C31H28ClN5O/c1-20-9-7-10-23(17-20)29-28-13-8-16-35(28)30-26(22(3)34-37(30)25-11-5-4-6-12-25)19-36(29)31(38)33-27-18-24(32)15-14-21(27)2/h4-18,29H,19H2,1-3H3,(H,33,38)/t29-/m1/s1. The molecule has 1 aliphatic rings. The van der Waals surface area contributed by atoms with Gasteiger partial charge in [0.2, 0.25) is 0 Å². The Morgan fingerprint density at radius 2 is 1.76 bits per heavy atom. The van der Waals surface area contributed by atoms with E-state index in [2.05, 4.69) is 47.3 Å². The van der Waals surface area contributed by atoms with Gasteiger partial charge in [-0.05, 0) is 68.3 Å². The molecule has 2 amide bonds. The molecule has 2 aromatic heterocycles. The van der Waals surface area contributed by atoms with Crippen molar-refractivity contribution in [2.75, 3.05) is 5.32 Å². The van der Waals surface area contributed by atoms with Crippen molar-refractivity contribution in [3.8, 4) is 11.5 Å². The SMILES string of the molecule is Cc1cccc([C@@H]2c3cccn3-c3c(c(C)nn3-c3ccccc3)CN2C(=O)Nc2cc(Cl)ccc2C)c1. The lowest BCUT2D eigenvalue weighted by Crippen LogP contribution is -2.38. The Hall–Kier alpha value is -4.29. The van der Waals surface area contributed by atoms with Crippen molar-refractivity contribution in [3.63, 3.8) is 0 Å². The first-order chi connectivity index (χ1) is 18.4. The zero-order valence-corrected chi connectivity index (χ0v) is 22.3. The number of aromatic nitrogens is 3. The van der Waals surface area contributed by atoms with Gasteiger partial charge in [0.15, 0.2) is 0 Å². The number of rotatable bonds is 3. The smallest absolute Gasteiger partial charge is 0.307 e. The number of para-hydroxylation sites is 1. The molecular formula is C31H28ClN5O. The Morgan fingerprint density at radius 3 is 2.55 bits per heavy atom. The Kier molecular flexibility index (Phi) is 6.04. The van der Waals surface area contributed by atoms with E-state index in [1.807, 2.05) is 78.0 Å². The van der Waals surface area contributed by atoms with Gasteiger partial charge in [-0.2, -0.15) is 5.10 Å². The summed E-state index contributed by atoms with van der Waals surface area (Å²) in [5, 5.41) is 8.64. The lowest BCUT2D eigenvalue weighted by Gasteiger charge is -2.31. The molecule has 190 valence electrons. The van der Waals surface area contributed by atoms with Crippen LogP contribution in [0.5, 0.6) is 0 Å². The van der Waals surface area contributed by atoms with Crippen molar-refractivity contribution in [1.82, 2.24) is 19.2 Å². The molecule has 6 rings (SSSR count). The van der Waals surface area contributed by atoms with E-state index < -0.39 is 0 Å². The van der Waals surface area contributed by atoms with Gasteiger partial charge < -0.3 is 14.8 Å². The molecule has 1 atom stereocenters. The number of halogens is 1. The van der Waals surface area contributed by atoms with Gasteiger partial charge in [-0.25, -0.2) is 9.48 Å². The van der Waals surface area contributed by atoms with Crippen molar-refractivity contribution in [3.05, 3.63) is 130 Å². The number of hydrogen-bond acceptors (Lipinski definition) is 2. The third-order valence-corrected chi connectivity index (χ3v) is 7.38. The minimum atomic E-state index is -0.319. The number of hydrogen-bond donors (Lipinski definition) is 1. The summed E-state index contributed by atoms with van der Waals surface area (Å²) in [6.45, 7) is 6.43. The Balaban J connectivity index is 1.54. The number of urea groups is 1. The van der Waals surface area contributed by atoms with E-state index in [1.54, 1.807) is 6.07 Å². The van der Waals surface area contributed by atoms with Gasteiger partial charge in [-0.15, -0.1) is 0 Å². The lowest BCUT2D eigenvalue weighted by atomic mass is 10.00. The maximum Gasteiger partial charge on any atom is 0.322 e. The molecule has 0 radical (unpaired) electrons. The molecule has 3 heterocycles. The second-order valence-corrected chi connectivity index (χ2v) is 10.2. The van der Waals surface area contributed by atoms with Crippen LogP contribution in [0.3, 0.4) is 0 Å². The Morgan fingerprint density at radius 1 is 0.947 bits per heavy atom. The van der Waals surface area contributed by atoms with Gasteiger partial charge in [-0.3, -0.25) is 0 Å². The van der Waals surface area contributed by atoms with E-state index in [4.69, 9.17) is 16.7 Å². The molecule has 7 heteroatoms. The van der Waals surface area contributed by atoms with E-state index in [1.165, 1.54) is 0 Å². The van der Waals surface area contributed by atoms with Gasteiger partial charge in [0.1, 0.15) is 5.82 Å². The minimum Gasteiger partial charge on any atom is -0.307 e. The van der Waals surface area contributed by atoms with Gasteiger partial charge in [-0.1, -0.05) is 65.7 Å². The molecular weight excluding hydrogens is 494 g/mol. The van der Waals surface area contributed by atoms with Gasteiger partial charge in [0, 0.05) is 22.5 Å². The van der Waals surface area contributed by atoms with Crippen LogP contribution in [-0.4, -0.2) is 25.3 Å². The number of nitrogens with one attached hydrogen (secondary N) is 1. The molecule has 1 aliphatic heterocycles. The Bertz CT molecular complexity index is 1650. The van der Waals surface area contributed by atoms with Crippen molar-refractivity contribution < 1.29 is 4.79 Å². The molecule has 1 N–H and O–H groups in total. The number of anilines is 1. The first-order valence-electron chi connectivity index (χ1n) is 12.6. The highest BCUT2D eigenvalue weighted by molar-refractivity contribution is 6.31. The van der Waals surface area contributed by atoms with E-state index in [0.29, 0.717) is 17.3 Å². The molecule has 6 nitrogen and oxygen atoms in total. The molecule has 0 saturated heterocycles. The number of aryl methyl sites for hydroxylation is 3. The monoisotopic (exact) mass is 521 g/mol. The third kappa shape index (κ3) is 4.17. The summed E-state index contributed by atoms with van der Waals surface area (Å²) < 4.78 is 4.15. The summed E-state index contributed by atoms with van der Waals surface area (Å²) >= 11 is 6.28. The second kappa shape index (κ2) is 9.54. The molecule has 3 aromatic carbocycles. The predicted molar refractivity (Wildman–Crippen MR) is 151 cm³/mol. The first kappa shape index (κ1) is 24.1. The highest BCUT2D eigenvalue weighted by atomic mass is 35.5. The normalized spacial score (nSPS) is 14.5.